The molecule has 0 bridgehead atoms. The Morgan fingerprint density at radius 1 is 1.48 bits per heavy atom. The van der Waals surface area contributed by atoms with Crippen LogP contribution in [0.1, 0.15) is 19.8 Å². The van der Waals surface area contributed by atoms with Gasteiger partial charge in [0.15, 0.2) is 0 Å². The second-order valence-corrected chi connectivity index (χ2v) is 6.07. The highest BCUT2D eigenvalue weighted by atomic mass is 127. The fourth-order valence-electron chi connectivity index (χ4n) is 2.48. The molecule has 1 aliphatic heterocycles. The SMILES string of the molecule is CCOC(=O)C1CCN(c2ccc([N+](=O)[O-])cc2I)CC1. The second kappa shape index (κ2) is 7.06. The fraction of sp³-hybridized carbons (Fsp3) is 0.500. The number of carbonyl (C=O) groups is 1. The molecule has 0 N–H and O–H groups in total. The Balaban J connectivity index is 2.02. The van der Waals surface area contributed by atoms with Crippen molar-refractivity contribution in [2.24, 2.45) is 5.92 Å². The Morgan fingerprint density at radius 3 is 2.67 bits per heavy atom. The number of hydrogen-bond donors (Lipinski definition) is 0. The molecule has 0 aromatic heterocycles. The zero-order valence-corrected chi connectivity index (χ0v) is 13.9. The van der Waals surface area contributed by atoms with E-state index >= 15 is 0 Å². The number of non-ortho nitro benzene ring substituents is 1. The highest BCUT2D eigenvalue weighted by Crippen LogP contribution is 2.30. The summed E-state index contributed by atoms with van der Waals surface area (Å²) in [5.41, 5.74) is 1.09. The normalized spacial score (nSPS) is 15.8. The molecule has 21 heavy (non-hydrogen) atoms. The zero-order chi connectivity index (χ0) is 15.4. The number of benzene rings is 1. The van der Waals surface area contributed by atoms with Crippen molar-refractivity contribution in [3.05, 3.63) is 31.9 Å². The number of esters is 1. The molecule has 0 saturated carbocycles. The molecule has 1 aromatic carbocycles. The average Bonchev–Trinajstić information content (AvgIpc) is 2.47. The lowest BCUT2D eigenvalue weighted by Gasteiger charge is -2.33. The van der Waals surface area contributed by atoms with Crippen molar-refractivity contribution in [1.82, 2.24) is 0 Å². The summed E-state index contributed by atoms with van der Waals surface area (Å²) < 4.78 is 5.91. The second-order valence-electron chi connectivity index (χ2n) is 4.91. The van der Waals surface area contributed by atoms with E-state index in [9.17, 15) is 14.9 Å². The molecule has 2 rings (SSSR count). The number of nitro benzene ring substituents is 1. The molecule has 0 aliphatic carbocycles. The van der Waals surface area contributed by atoms with Crippen LogP contribution in [0.2, 0.25) is 0 Å². The minimum absolute atomic E-state index is 0.0306. The Morgan fingerprint density at radius 2 is 2.14 bits per heavy atom. The molecule has 0 spiro atoms. The quantitative estimate of drug-likeness (QED) is 0.334. The lowest BCUT2D eigenvalue weighted by molar-refractivity contribution is -0.384. The lowest BCUT2D eigenvalue weighted by atomic mass is 9.96. The highest BCUT2D eigenvalue weighted by molar-refractivity contribution is 14.1. The van der Waals surface area contributed by atoms with Gasteiger partial charge in [0, 0.05) is 28.8 Å². The van der Waals surface area contributed by atoms with Crippen LogP contribution < -0.4 is 4.90 Å². The lowest BCUT2D eigenvalue weighted by Crippen LogP contribution is -2.37. The number of ether oxygens (including phenoxy) is 1. The smallest absolute Gasteiger partial charge is 0.309 e. The molecule has 0 atom stereocenters. The van der Waals surface area contributed by atoms with Crippen molar-refractivity contribution >= 4 is 39.9 Å². The Labute approximate surface area is 136 Å². The molecular weight excluding hydrogens is 387 g/mol. The number of rotatable bonds is 4. The van der Waals surface area contributed by atoms with Crippen LogP contribution in [0, 0.1) is 19.6 Å². The van der Waals surface area contributed by atoms with E-state index in [0.717, 1.165) is 35.2 Å². The molecule has 114 valence electrons. The van der Waals surface area contributed by atoms with Crippen LogP contribution in [0.25, 0.3) is 0 Å². The van der Waals surface area contributed by atoms with Gasteiger partial charge in [-0.05, 0) is 48.4 Å². The van der Waals surface area contributed by atoms with E-state index in [0.29, 0.717) is 6.61 Å². The number of nitrogens with zero attached hydrogens (tertiary/aromatic N) is 2. The van der Waals surface area contributed by atoms with Gasteiger partial charge in [-0.2, -0.15) is 0 Å². The van der Waals surface area contributed by atoms with Crippen LogP contribution in [0.3, 0.4) is 0 Å². The van der Waals surface area contributed by atoms with Gasteiger partial charge in [-0.15, -0.1) is 0 Å². The molecule has 0 amide bonds. The van der Waals surface area contributed by atoms with Crippen LogP contribution in [0.5, 0.6) is 0 Å². The van der Waals surface area contributed by atoms with Gasteiger partial charge in [-0.3, -0.25) is 14.9 Å². The van der Waals surface area contributed by atoms with Gasteiger partial charge in [0.2, 0.25) is 0 Å². The predicted molar refractivity (Wildman–Crippen MR) is 87.4 cm³/mol. The standard InChI is InChI=1S/C14H17IN2O4/c1-2-21-14(18)10-5-7-16(8-6-10)13-4-3-11(17(19)20)9-12(13)15/h3-4,9-10H,2,5-8H2,1H3. The highest BCUT2D eigenvalue weighted by Gasteiger charge is 2.27. The topological polar surface area (TPSA) is 72.7 Å². The average molecular weight is 404 g/mol. The van der Waals surface area contributed by atoms with E-state index in [1.54, 1.807) is 12.1 Å². The maximum Gasteiger partial charge on any atom is 0.309 e. The molecule has 6 nitrogen and oxygen atoms in total. The first-order chi connectivity index (χ1) is 10.0. The number of piperidine rings is 1. The van der Waals surface area contributed by atoms with Crippen molar-refractivity contribution in [2.75, 3.05) is 24.6 Å². The van der Waals surface area contributed by atoms with E-state index in [2.05, 4.69) is 27.5 Å². The van der Waals surface area contributed by atoms with Crippen LogP contribution in [0.15, 0.2) is 18.2 Å². The van der Waals surface area contributed by atoms with E-state index in [1.807, 2.05) is 6.92 Å². The predicted octanol–water partition coefficient (Wildman–Crippen LogP) is 2.98. The molecule has 0 radical (unpaired) electrons. The zero-order valence-electron chi connectivity index (χ0n) is 11.8. The molecule has 1 aromatic rings. The molecule has 7 heteroatoms. The largest absolute Gasteiger partial charge is 0.466 e. The molecule has 1 aliphatic rings. The minimum atomic E-state index is -0.390. The Bertz CT molecular complexity index is 542. The van der Waals surface area contributed by atoms with Crippen molar-refractivity contribution < 1.29 is 14.5 Å². The number of carbonyl (C=O) groups excluding carboxylic acids is 1. The molecular formula is C14H17IN2O4. The summed E-state index contributed by atoms with van der Waals surface area (Å²) in [6, 6.07) is 4.88. The Kier molecular flexibility index (Phi) is 5.38. The van der Waals surface area contributed by atoms with E-state index < -0.39 is 0 Å². The maximum absolute atomic E-state index is 11.7. The Hall–Kier alpha value is -1.38. The molecule has 1 saturated heterocycles. The van der Waals surface area contributed by atoms with Crippen molar-refractivity contribution in [3.63, 3.8) is 0 Å². The number of anilines is 1. The maximum atomic E-state index is 11.7. The van der Waals surface area contributed by atoms with Gasteiger partial charge in [0.05, 0.1) is 23.1 Å². The van der Waals surface area contributed by atoms with Gasteiger partial charge >= 0.3 is 5.97 Å². The first-order valence-corrected chi connectivity index (χ1v) is 7.96. The van der Waals surface area contributed by atoms with Crippen LogP contribution in [-0.2, 0) is 9.53 Å². The number of halogens is 1. The van der Waals surface area contributed by atoms with E-state index in [1.165, 1.54) is 6.07 Å². The van der Waals surface area contributed by atoms with Gasteiger partial charge in [-0.25, -0.2) is 0 Å². The fourth-order valence-corrected chi connectivity index (χ4v) is 3.32. The van der Waals surface area contributed by atoms with Crippen LogP contribution >= 0.6 is 22.6 Å². The first-order valence-electron chi connectivity index (χ1n) is 6.88. The van der Waals surface area contributed by atoms with Gasteiger partial charge in [0.25, 0.3) is 5.69 Å². The van der Waals surface area contributed by atoms with E-state index in [-0.39, 0.29) is 22.5 Å². The van der Waals surface area contributed by atoms with Crippen molar-refractivity contribution in [1.29, 1.82) is 0 Å². The molecule has 1 fully saturated rings. The molecule has 0 unspecified atom stereocenters. The summed E-state index contributed by atoms with van der Waals surface area (Å²) in [7, 11) is 0. The third-order valence-electron chi connectivity index (χ3n) is 3.60. The van der Waals surface area contributed by atoms with Crippen LogP contribution in [0.4, 0.5) is 11.4 Å². The van der Waals surface area contributed by atoms with Crippen molar-refractivity contribution in [2.45, 2.75) is 19.8 Å². The van der Waals surface area contributed by atoms with Crippen molar-refractivity contribution in [3.8, 4) is 0 Å². The van der Waals surface area contributed by atoms with Gasteiger partial charge < -0.3 is 9.64 Å². The summed E-state index contributed by atoms with van der Waals surface area (Å²) >= 11 is 2.12. The van der Waals surface area contributed by atoms with Gasteiger partial charge in [0.1, 0.15) is 0 Å². The number of hydrogen-bond acceptors (Lipinski definition) is 5. The monoisotopic (exact) mass is 404 g/mol. The summed E-state index contributed by atoms with van der Waals surface area (Å²) in [5.74, 6) is -0.146. The molecule has 1 heterocycles. The third kappa shape index (κ3) is 3.84. The van der Waals surface area contributed by atoms with Gasteiger partial charge in [-0.1, -0.05) is 0 Å². The van der Waals surface area contributed by atoms with E-state index in [4.69, 9.17) is 4.74 Å². The first kappa shape index (κ1) is 16.0. The summed E-state index contributed by atoms with van der Waals surface area (Å²) in [6.07, 6.45) is 1.51. The third-order valence-corrected chi connectivity index (χ3v) is 4.46. The summed E-state index contributed by atoms with van der Waals surface area (Å²) in [6.45, 7) is 3.75. The summed E-state index contributed by atoms with van der Waals surface area (Å²) in [4.78, 5) is 24.2. The number of nitro groups is 1. The minimum Gasteiger partial charge on any atom is -0.466 e. The summed E-state index contributed by atoms with van der Waals surface area (Å²) in [5, 5.41) is 10.8. The van der Waals surface area contributed by atoms with Crippen LogP contribution in [-0.4, -0.2) is 30.6 Å².